The third kappa shape index (κ3) is 7.65. The number of phenols is 2. The lowest BCUT2D eigenvalue weighted by Gasteiger charge is -2.06. The maximum absolute atomic E-state index is 9.37. The van der Waals surface area contributed by atoms with Crippen molar-refractivity contribution in [2.24, 2.45) is 0 Å². The molecule has 0 fully saturated rings. The number of hydrogen-bond donors (Lipinski definition) is 6. The van der Waals surface area contributed by atoms with Gasteiger partial charge in [-0.2, -0.15) is 0 Å². The number of nitrogens with two attached hydrogens (primary N) is 1. The van der Waals surface area contributed by atoms with Gasteiger partial charge in [-0.3, -0.25) is 0 Å². The highest BCUT2D eigenvalue weighted by Crippen LogP contribution is 2.27. The van der Waals surface area contributed by atoms with E-state index in [1.807, 2.05) is 19.1 Å². The maximum Gasteiger partial charge on any atom is 0.161 e. The monoisotopic (exact) mass is 350 g/mol. The molecule has 2 aromatic rings. The van der Waals surface area contributed by atoms with Gasteiger partial charge in [0.05, 0.1) is 6.61 Å². The molecule has 0 aliphatic rings. The van der Waals surface area contributed by atoms with Crippen molar-refractivity contribution < 1.29 is 25.2 Å². The van der Waals surface area contributed by atoms with Gasteiger partial charge in [-0.05, 0) is 37.1 Å². The molecule has 0 aromatic heterocycles. The summed E-state index contributed by atoms with van der Waals surface area (Å²) in [5.41, 5.74) is 7.62. The Morgan fingerprint density at radius 2 is 1.76 bits per heavy atom. The number of anilines is 2. The number of aryl methyl sites for hydroxylation is 1. The number of rotatable bonds is 7. The molecule has 25 heavy (non-hydrogen) atoms. The first-order chi connectivity index (χ1) is 12.0. The lowest BCUT2D eigenvalue weighted by atomic mass is 10.2. The lowest BCUT2D eigenvalue weighted by molar-refractivity contribution is 0.197. The zero-order chi connectivity index (χ0) is 18.7. The van der Waals surface area contributed by atoms with E-state index in [1.54, 1.807) is 18.2 Å². The number of aromatic hydroxyl groups is 2. The Labute approximate surface area is 147 Å². The fraction of sp³-hybridized carbons (Fsp3) is 0.333. The molecule has 0 atom stereocenters. The van der Waals surface area contributed by atoms with Gasteiger partial charge in [-0.1, -0.05) is 6.07 Å². The summed E-state index contributed by atoms with van der Waals surface area (Å²) in [6.45, 7) is 2.85. The van der Waals surface area contributed by atoms with Gasteiger partial charge in [0, 0.05) is 36.7 Å². The topological polar surface area (TPSA) is 128 Å². The molecule has 7 heteroatoms. The van der Waals surface area contributed by atoms with Crippen LogP contribution in [0.4, 0.5) is 11.4 Å². The second kappa shape index (κ2) is 11.0. The fourth-order valence-electron chi connectivity index (χ4n) is 1.84. The molecular formula is C18H26N2O5. The van der Waals surface area contributed by atoms with Crippen molar-refractivity contribution in [3.05, 3.63) is 42.0 Å². The van der Waals surface area contributed by atoms with Crippen LogP contribution in [0.5, 0.6) is 17.2 Å². The van der Waals surface area contributed by atoms with Crippen LogP contribution >= 0.6 is 0 Å². The Bertz CT molecular complexity index is 649. The molecule has 7 N–H and O–H groups in total. The number of ether oxygens (including phenoxy) is 1. The SMILES string of the molecule is Cc1ccc(NCCCO)cc1O.Nc1ccc(OCCO)c(O)c1. The molecule has 7 nitrogen and oxygen atoms in total. The van der Waals surface area contributed by atoms with Crippen molar-refractivity contribution >= 4 is 11.4 Å². The first kappa shape index (κ1) is 20.4. The number of nitrogens with one attached hydrogen (secondary N) is 1. The Morgan fingerprint density at radius 1 is 1.00 bits per heavy atom. The van der Waals surface area contributed by atoms with Gasteiger partial charge in [0.15, 0.2) is 11.5 Å². The summed E-state index contributed by atoms with van der Waals surface area (Å²) in [6.07, 6.45) is 0.717. The Kier molecular flexibility index (Phi) is 8.99. The Balaban J connectivity index is 0.000000251. The molecule has 0 aliphatic carbocycles. The van der Waals surface area contributed by atoms with Crippen molar-refractivity contribution in [2.45, 2.75) is 13.3 Å². The molecule has 0 unspecified atom stereocenters. The van der Waals surface area contributed by atoms with Gasteiger partial charge in [0.2, 0.25) is 0 Å². The van der Waals surface area contributed by atoms with E-state index in [1.165, 1.54) is 6.07 Å². The summed E-state index contributed by atoms with van der Waals surface area (Å²) >= 11 is 0. The van der Waals surface area contributed by atoms with Gasteiger partial charge in [-0.25, -0.2) is 0 Å². The predicted molar refractivity (Wildman–Crippen MR) is 98.1 cm³/mol. The van der Waals surface area contributed by atoms with Crippen molar-refractivity contribution in [2.75, 3.05) is 37.4 Å². The summed E-state index contributed by atoms with van der Waals surface area (Å²) in [5.74, 6) is 0.621. The van der Waals surface area contributed by atoms with Crippen molar-refractivity contribution in [3.63, 3.8) is 0 Å². The first-order valence-electron chi connectivity index (χ1n) is 7.94. The van der Waals surface area contributed by atoms with Gasteiger partial charge < -0.3 is 36.2 Å². The minimum Gasteiger partial charge on any atom is -0.508 e. The smallest absolute Gasteiger partial charge is 0.161 e. The highest BCUT2D eigenvalue weighted by molar-refractivity contribution is 5.51. The van der Waals surface area contributed by atoms with Crippen molar-refractivity contribution in [1.29, 1.82) is 0 Å². The highest BCUT2D eigenvalue weighted by Gasteiger charge is 2.01. The second-order valence-corrected chi connectivity index (χ2v) is 5.30. The number of phenolic OH excluding ortho intramolecular Hbond substituents is 2. The van der Waals surface area contributed by atoms with E-state index in [-0.39, 0.29) is 25.6 Å². The van der Waals surface area contributed by atoms with E-state index < -0.39 is 0 Å². The van der Waals surface area contributed by atoms with E-state index in [9.17, 15) is 10.2 Å². The summed E-state index contributed by atoms with van der Waals surface area (Å²) in [6, 6.07) is 10.0. The first-order valence-corrected chi connectivity index (χ1v) is 7.94. The largest absolute Gasteiger partial charge is 0.508 e. The minimum absolute atomic E-state index is 0.0107. The van der Waals surface area contributed by atoms with Crippen molar-refractivity contribution in [3.8, 4) is 17.2 Å². The van der Waals surface area contributed by atoms with Crippen LogP contribution in [0.1, 0.15) is 12.0 Å². The van der Waals surface area contributed by atoms with Crippen molar-refractivity contribution in [1.82, 2.24) is 0 Å². The average Bonchev–Trinajstić information content (AvgIpc) is 2.58. The third-order valence-electron chi connectivity index (χ3n) is 3.20. The molecule has 0 bridgehead atoms. The van der Waals surface area contributed by atoms with Crippen LogP contribution in [0.15, 0.2) is 36.4 Å². The molecule has 0 aliphatic heterocycles. The highest BCUT2D eigenvalue weighted by atomic mass is 16.5. The number of hydrogen-bond acceptors (Lipinski definition) is 7. The number of aliphatic hydroxyl groups is 2. The molecule has 0 saturated heterocycles. The second-order valence-electron chi connectivity index (χ2n) is 5.30. The molecule has 0 saturated carbocycles. The zero-order valence-electron chi connectivity index (χ0n) is 14.3. The van der Waals surface area contributed by atoms with Crippen LogP contribution < -0.4 is 15.8 Å². The van der Waals surface area contributed by atoms with Gasteiger partial charge in [0.25, 0.3) is 0 Å². The van der Waals surface area contributed by atoms with E-state index in [0.29, 0.717) is 23.6 Å². The number of benzene rings is 2. The molecule has 0 spiro atoms. The summed E-state index contributed by atoms with van der Waals surface area (Å²) in [4.78, 5) is 0. The standard InChI is InChI=1S/C10H15NO2.C8H11NO3/c1-8-3-4-9(7-10(8)13)11-5-2-6-12;9-6-1-2-8(7(11)5-6)12-4-3-10/h3-4,7,11-13H,2,5-6H2,1H3;1-2,5,10-11H,3-4,9H2. The van der Waals surface area contributed by atoms with Gasteiger partial charge in [0.1, 0.15) is 12.4 Å². The quantitative estimate of drug-likeness (QED) is 0.332. The molecule has 2 aromatic carbocycles. The molecule has 0 heterocycles. The third-order valence-corrected chi connectivity index (χ3v) is 3.20. The molecule has 2 rings (SSSR count). The zero-order valence-corrected chi connectivity index (χ0v) is 14.3. The van der Waals surface area contributed by atoms with Crippen LogP contribution in [-0.4, -0.2) is 46.8 Å². The minimum atomic E-state index is -0.0795. The Hall–Kier alpha value is -2.64. The van der Waals surface area contributed by atoms with Gasteiger partial charge in [-0.15, -0.1) is 0 Å². The molecule has 0 amide bonds. The van der Waals surface area contributed by atoms with Crippen LogP contribution in [0.3, 0.4) is 0 Å². The fourth-order valence-corrected chi connectivity index (χ4v) is 1.84. The lowest BCUT2D eigenvalue weighted by Crippen LogP contribution is -2.03. The van der Waals surface area contributed by atoms with Crippen LogP contribution in [0, 0.1) is 6.92 Å². The summed E-state index contributed by atoms with van der Waals surface area (Å²) in [7, 11) is 0. The normalized spacial score (nSPS) is 9.88. The van der Waals surface area contributed by atoms with E-state index in [0.717, 1.165) is 17.8 Å². The molecule has 138 valence electrons. The summed E-state index contributed by atoms with van der Waals surface area (Å²) < 4.78 is 4.99. The number of aliphatic hydroxyl groups excluding tert-OH is 2. The Morgan fingerprint density at radius 3 is 2.36 bits per heavy atom. The summed E-state index contributed by atoms with van der Waals surface area (Å²) in [5, 5.41) is 38.7. The van der Waals surface area contributed by atoms with Crippen LogP contribution in [-0.2, 0) is 0 Å². The molecule has 0 radical (unpaired) electrons. The van der Waals surface area contributed by atoms with Crippen LogP contribution in [0.25, 0.3) is 0 Å². The van der Waals surface area contributed by atoms with E-state index in [4.69, 9.17) is 20.7 Å². The number of nitrogen functional groups attached to an aromatic ring is 1. The van der Waals surface area contributed by atoms with E-state index in [2.05, 4.69) is 5.32 Å². The van der Waals surface area contributed by atoms with Gasteiger partial charge >= 0.3 is 0 Å². The predicted octanol–water partition coefficient (Wildman–Crippen LogP) is 1.84. The average molecular weight is 350 g/mol. The maximum atomic E-state index is 9.37. The molecular weight excluding hydrogens is 324 g/mol. The van der Waals surface area contributed by atoms with Crippen LogP contribution in [0.2, 0.25) is 0 Å². The van der Waals surface area contributed by atoms with E-state index >= 15 is 0 Å².